The Kier molecular flexibility index (Phi) is 4.59. The van der Waals surface area contributed by atoms with Crippen molar-refractivity contribution < 1.29 is 4.92 Å². The van der Waals surface area contributed by atoms with Crippen LogP contribution in [0.5, 0.6) is 0 Å². The number of aromatic nitrogens is 2. The lowest BCUT2D eigenvalue weighted by atomic mass is 9.98. The Morgan fingerprint density at radius 3 is 2.90 bits per heavy atom. The van der Waals surface area contributed by atoms with Crippen LogP contribution in [-0.2, 0) is 13.5 Å². The Labute approximate surface area is 119 Å². The van der Waals surface area contributed by atoms with Crippen molar-refractivity contribution >= 4 is 11.5 Å². The molecule has 0 aromatic carbocycles. The highest BCUT2D eigenvalue weighted by Gasteiger charge is 2.32. The van der Waals surface area contributed by atoms with Crippen LogP contribution in [0.3, 0.4) is 0 Å². The van der Waals surface area contributed by atoms with E-state index in [0.29, 0.717) is 23.9 Å². The van der Waals surface area contributed by atoms with E-state index < -0.39 is 0 Å². The van der Waals surface area contributed by atoms with Gasteiger partial charge >= 0.3 is 5.69 Å². The molecule has 112 valence electrons. The summed E-state index contributed by atoms with van der Waals surface area (Å²) in [5.74, 6) is 1.20. The Morgan fingerprint density at radius 1 is 1.55 bits per heavy atom. The van der Waals surface area contributed by atoms with Gasteiger partial charge < -0.3 is 10.2 Å². The van der Waals surface area contributed by atoms with Crippen LogP contribution in [0.25, 0.3) is 0 Å². The zero-order valence-corrected chi connectivity index (χ0v) is 12.4. The molecule has 0 spiro atoms. The number of anilines is 1. The maximum Gasteiger partial charge on any atom is 0.334 e. The molecule has 2 rings (SSSR count). The molecule has 1 aromatic rings. The lowest BCUT2D eigenvalue weighted by Crippen LogP contribution is -2.40. The van der Waals surface area contributed by atoms with Crippen molar-refractivity contribution in [3.63, 3.8) is 0 Å². The Morgan fingerprint density at radius 2 is 2.30 bits per heavy atom. The Hall–Kier alpha value is -1.63. The normalized spacial score (nSPS) is 19.4. The number of hydrogen-bond donors (Lipinski definition) is 1. The molecule has 0 radical (unpaired) electrons. The third kappa shape index (κ3) is 2.77. The number of piperidine rings is 1. The van der Waals surface area contributed by atoms with Crippen molar-refractivity contribution in [3.8, 4) is 0 Å². The van der Waals surface area contributed by atoms with Gasteiger partial charge in [0.05, 0.1) is 4.92 Å². The van der Waals surface area contributed by atoms with E-state index in [1.165, 1.54) is 6.42 Å². The first-order chi connectivity index (χ1) is 9.58. The molecule has 1 unspecified atom stereocenters. The first kappa shape index (κ1) is 14.8. The lowest BCUT2D eigenvalue weighted by molar-refractivity contribution is -0.384. The van der Waals surface area contributed by atoms with Crippen molar-refractivity contribution in [3.05, 3.63) is 15.8 Å². The Bertz CT molecular complexity index is 483. The van der Waals surface area contributed by atoms with Crippen molar-refractivity contribution in [2.75, 3.05) is 31.6 Å². The summed E-state index contributed by atoms with van der Waals surface area (Å²) >= 11 is 0. The third-order valence-corrected chi connectivity index (χ3v) is 3.89. The standard InChI is InChI=1S/C13H23N5O2/c1-4-11-12(18(19)20)13(16(3)15-11)17-7-5-6-10(9-17)8-14-2/h10,14H,4-9H2,1-3H3. The number of hydrogen-bond acceptors (Lipinski definition) is 5. The summed E-state index contributed by atoms with van der Waals surface area (Å²) in [4.78, 5) is 13.2. The fourth-order valence-electron chi connectivity index (χ4n) is 3.05. The van der Waals surface area contributed by atoms with Gasteiger partial charge in [-0.3, -0.25) is 10.1 Å². The van der Waals surface area contributed by atoms with Crippen LogP contribution in [0, 0.1) is 16.0 Å². The van der Waals surface area contributed by atoms with Crippen LogP contribution in [-0.4, -0.2) is 41.4 Å². The number of aryl methyl sites for hydroxylation is 2. The molecule has 0 aliphatic carbocycles. The molecular weight excluding hydrogens is 258 g/mol. The van der Waals surface area contributed by atoms with Crippen LogP contribution in [0.1, 0.15) is 25.5 Å². The minimum atomic E-state index is -0.289. The van der Waals surface area contributed by atoms with Gasteiger partial charge in [-0.05, 0) is 38.8 Å². The molecule has 0 bridgehead atoms. The second-order valence-corrected chi connectivity index (χ2v) is 5.37. The van der Waals surface area contributed by atoms with E-state index in [1.807, 2.05) is 14.0 Å². The van der Waals surface area contributed by atoms with Gasteiger partial charge in [0, 0.05) is 20.1 Å². The van der Waals surface area contributed by atoms with E-state index >= 15 is 0 Å². The van der Waals surface area contributed by atoms with Gasteiger partial charge in [0.15, 0.2) is 0 Å². The first-order valence-corrected chi connectivity index (χ1v) is 7.18. The molecule has 0 amide bonds. The minimum absolute atomic E-state index is 0.181. The van der Waals surface area contributed by atoms with Crippen LogP contribution in [0.4, 0.5) is 11.5 Å². The minimum Gasteiger partial charge on any atom is -0.351 e. The zero-order chi connectivity index (χ0) is 14.7. The van der Waals surface area contributed by atoms with E-state index in [0.717, 1.165) is 26.1 Å². The maximum absolute atomic E-state index is 11.4. The summed E-state index contributed by atoms with van der Waals surface area (Å²) in [6.07, 6.45) is 2.82. The molecule has 1 aliphatic heterocycles. The van der Waals surface area contributed by atoms with E-state index in [-0.39, 0.29) is 10.6 Å². The molecule has 0 saturated carbocycles. The van der Waals surface area contributed by atoms with Crippen molar-refractivity contribution in [1.82, 2.24) is 15.1 Å². The largest absolute Gasteiger partial charge is 0.351 e. The van der Waals surface area contributed by atoms with Crippen LogP contribution < -0.4 is 10.2 Å². The van der Waals surface area contributed by atoms with Gasteiger partial charge in [-0.1, -0.05) is 6.92 Å². The highest BCUT2D eigenvalue weighted by atomic mass is 16.6. The molecule has 2 heterocycles. The van der Waals surface area contributed by atoms with Gasteiger partial charge in [-0.2, -0.15) is 5.10 Å². The summed E-state index contributed by atoms with van der Waals surface area (Å²) in [6.45, 7) is 4.57. The Balaban J connectivity index is 2.31. The molecule has 1 saturated heterocycles. The summed E-state index contributed by atoms with van der Waals surface area (Å²) in [7, 11) is 3.74. The number of nitrogens with one attached hydrogen (secondary N) is 1. The van der Waals surface area contributed by atoms with E-state index in [4.69, 9.17) is 0 Å². The number of nitro groups is 1. The average molecular weight is 281 g/mol. The van der Waals surface area contributed by atoms with Gasteiger partial charge in [0.1, 0.15) is 5.69 Å². The smallest absolute Gasteiger partial charge is 0.334 e. The molecule has 1 aliphatic rings. The lowest BCUT2D eigenvalue weighted by Gasteiger charge is -2.33. The summed E-state index contributed by atoms with van der Waals surface area (Å²) in [5, 5.41) is 18.9. The summed E-state index contributed by atoms with van der Waals surface area (Å²) < 4.78 is 1.67. The van der Waals surface area contributed by atoms with Gasteiger partial charge in [0.2, 0.25) is 5.82 Å². The van der Waals surface area contributed by atoms with E-state index in [2.05, 4.69) is 15.3 Å². The predicted molar refractivity (Wildman–Crippen MR) is 78.1 cm³/mol. The van der Waals surface area contributed by atoms with Crippen molar-refractivity contribution in [2.24, 2.45) is 13.0 Å². The molecule has 1 fully saturated rings. The molecule has 7 heteroatoms. The summed E-state index contributed by atoms with van der Waals surface area (Å²) in [6, 6.07) is 0. The molecule has 1 aromatic heterocycles. The second-order valence-electron chi connectivity index (χ2n) is 5.37. The predicted octanol–water partition coefficient (Wildman–Crippen LogP) is 1.33. The molecule has 7 nitrogen and oxygen atoms in total. The van der Waals surface area contributed by atoms with Gasteiger partial charge in [-0.25, -0.2) is 4.68 Å². The van der Waals surface area contributed by atoms with Gasteiger partial charge in [0.25, 0.3) is 0 Å². The van der Waals surface area contributed by atoms with Crippen molar-refractivity contribution in [2.45, 2.75) is 26.2 Å². The highest BCUT2D eigenvalue weighted by molar-refractivity contribution is 5.61. The average Bonchev–Trinajstić information content (AvgIpc) is 2.76. The molecule has 20 heavy (non-hydrogen) atoms. The van der Waals surface area contributed by atoms with Crippen molar-refractivity contribution in [1.29, 1.82) is 0 Å². The van der Waals surface area contributed by atoms with Crippen LogP contribution in [0.2, 0.25) is 0 Å². The molecule has 1 atom stereocenters. The maximum atomic E-state index is 11.4. The van der Waals surface area contributed by atoms with Crippen LogP contribution >= 0.6 is 0 Å². The molecule has 1 N–H and O–H groups in total. The second kappa shape index (κ2) is 6.21. The van der Waals surface area contributed by atoms with E-state index in [1.54, 1.807) is 11.7 Å². The van der Waals surface area contributed by atoms with Crippen LogP contribution in [0.15, 0.2) is 0 Å². The topological polar surface area (TPSA) is 76.2 Å². The molecular formula is C13H23N5O2. The van der Waals surface area contributed by atoms with Gasteiger partial charge in [-0.15, -0.1) is 0 Å². The first-order valence-electron chi connectivity index (χ1n) is 7.18. The monoisotopic (exact) mass is 281 g/mol. The number of rotatable bonds is 5. The third-order valence-electron chi connectivity index (χ3n) is 3.89. The fraction of sp³-hybridized carbons (Fsp3) is 0.769. The quantitative estimate of drug-likeness (QED) is 0.651. The summed E-state index contributed by atoms with van der Waals surface area (Å²) in [5.41, 5.74) is 0.753. The van der Waals surface area contributed by atoms with E-state index in [9.17, 15) is 10.1 Å². The highest BCUT2D eigenvalue weighted by Crippen LogP contribution is 2.34. The fourth-order valence-corrected chi connectivity index (χ4v) is 3.05. The number of nitrogens with zero attached hydrogens (tertiary/aromatic N) is 4. The zero-order valence-electron chi connectivity index (χ0n) is 12.4. The SMILES string of the molecule is CCc1nn(C)c(N2CCCC(CNC)C2)c1[N+](=O)[O-].